The van der Waals surface area contributed by atoms with Gasteiger partial charge in [0, 0.05) is 23.7 Å². The predicted molar refractivity (Wildman–Crippen MR) is 111 cm³/mol. The van der Waals surface area contributed by atoms with E-state index < -0.39 is 28.4 Å². The Morgan fingerprint density at radius 1 is 1.07 bits per heavy atom. The molecule has 158 valence electrons. The number of carbonyl (C=O) groups excluding carboxylic acids is 2. The molecule has 9 heteroatoms. The third kappa shape index (κ3) is 4.02. The molecule has 1 aliphatic rings. The minimum Gasteiger partial charge on any atom is -0.497 e. The van der Waals surface area contributed by atoms with Crippen molar-refractivity contribution in [2.75, 3.05) is 20.8 Å². The Kier molecular flexibility index (Phi) is 6.12. The van der Waals surface area contributed by atoms with Crippen molar-refractivity contribution < 1.29 is 27.5 Å². The predicted octanol–water partition coefficient (Wildman–Crippen LogP) is 1.92. The molecule has 0 bridgehead atoms. The van der Waals surface area contributed by atoms with Gasteiger partial charge in [-0.05, 0) is 24.6 Å². The van der Waals surface area contributed by atoms with Gasteiger partial charge in [0.15, 0.2) is 0 Å². The number of sulfonamides is 1. The highest BCUT2D eigenvalue weighted by atomic mass is 32.2. The average Bonchev–Trinajstić information content (AvgIpc) is 2.91. The number of hydrogen-bond donors (Lipinski definition) is 1. The molecular formula is C21H22N2O6S. The van der Waals surface area contributed by atoms with Crippen LogP contribution >= 0.6 is 0 Å². The number of nitrogens with one attached hydrogen (secondary N) is 1. The summed E-state index contributed by atoms with van der Waals surface area (Å²) >= 11 is 0. The molecule has 0 saturated heterocycles. The molecule has 1 N–H and O–H groups in total. The minimum atomic E-state index is -4.12. The number of rotatable bonds is 7. The maximum absolute atomic E-state index is 12.9. The number of carbonyl (C=O) groups is 2. The second-order valence-electron chi connectivity index (χ2n) is 6.59. The molecule has 0 unspecified atom stereocenters. The van der Waals surface area contributed by atoms with Crippen molar-refractivity contribution in [3.05, 3.63) is 65.2 Å². The molecule has 0 aromatic heterocycles. The van der Waals surface area contributed by atoms with Crippen LogP contribution in [0.1, 0.15) is 18.1 Å². The van der Waals surface area contributed by atoms with Crippen LogP contribution in [0.2, 0.25) is 0 Å². The van der Waals surface area contributed by atoms with Crippen molar-refractivity contribution in [1.29, 1.82) is 0 Å². The van der Waals surface area contributed by atoms with Crippen molar-refractivity contribution in [1.82, 2.24) is 9.62 Å². The molecule has 0 saturated carbocycles. The van der Waals surface area contributed by atoms with E-state index in [9.17, 15) is 18.0 Å². The van der Waals surface area contributed by atoms with Crippen molar-refractivity contribution in [3.63, 3.8) is 0 Å². The molecule has 0 radical (unpaired) electrons. The number of benzene rings is 2. The molecule has 2 aromatic rings. The van der Waals surface area contributed by atoms with E-state index in [1.54, 1.807) is 48.5 Å². The molecule has 2 amide bonds. The van der Waals surface area contributed by atoms with Crippen LogP contribution in [-0.2, 0) is 26.2 Å². The van der Waals surface area contributed by atoms with Crippen molar-refractivity contribution in [3.8, 4) is 11.5 Å². The van der Waals surface area contributed by atoms with Gasteiger partial charge in [0.25, 0.3) is 15.9 Å². The molecule has 1 aliphatic heterocycles. The summed E-state index contributed by atoms with van der Waals surface area (Å²) in [6.45, 7) is 0.946. The van der Waals surface area contributed by atoms with Gasteiger partial charge in [-0.3, -0.25) is 9.59 Å². The van der Waals surface area contributed by atoms with Gasteiger partial charge in [-0.1, -0.05) is 30.3 Å². The second-order valence-corrected chi connectivity index (χ2v) is 8.39. The summed E-state index contributed by atoms with van der Waals surface area (Å²) in [7, 11) is -1.09. The molecular weight excluding hydrogens is 408 g/mol. The largest absolute Gasteiger partial charge is 0.497 e. The Labute approximate surface area is 175 Å². The first-order valence-corrected chi connectivity index (χ1v) is 10.5. The van der Waals surface area contributed by atoms with Crippen LogP contribution in [0.15, 0.2) is 54.1 Å². The average molecular weight is 430 g/mol. The highest BCUT2D eigenvalue weighted by Gasteiger charge is 2.43. The van der Waals surface area contributed by atoms with Gasteiger partial charge in [-0.25, -0.2) is 12.7 Å². The van der Waals surface area contributed by atoms with Crippen LogP contribution in [0.25, 0.3) is 4.91 Å². The monoisotopic (exact) mass is 430 g/mol. The summed E-state index contributed by atoms with van der Waals surface area (Å²) in [6, 6.07) is 13.5. The van der Waals surface area contributed by atoms with Gasteiger partial charge < -0.3 is 14.8 Å². The lowest BCUT2D eigenvalue weighted by Crippen LogP contribution is -2.40. The topological polar surface area (TPSA) is 102 Å². The van der Waals surface area contributed by atoms with Crippen molar-refractivity contribution in [2.24, 2.45) is 0 Å². The molecule has 0 fully saturated rings. The van der Waals surface area contributed by atoms with Crippen LogP contribution in [0.3, 0.4) is 0 Å². The van der Waals surface area contributed by atoms with Gasteiger partial charge >= 0.3 is 0 Å². The zero-order valence-corrected chi connectivity index (χ0v) is 17.7. The van der Waals surface area contributed by atoms with Gasteiger partial charge in [0.2, 0.25) is 5.91 Å². The Bertz CT molecular complexity index is 1110. The van der Waals surface area contributed by atoms with Crippen LogP contribution in [0.5, 0.6) is 11.5 Å². The molecule has 1 heterocycles. The van der Waals surface area contributed by atoms with E-state index in [1.165, 1.54) is 21.1 Å². The highest BCUT2D eigenvalue weighted by molar-refractivity contribution is 7.99. The zero-order chi connectivity index (χ0) is 21.9. The standard InChI is InChI=1S/C21H22N2O6S/c1-14-20(15-7-5-4-6-8-15)30(26,27)23(21(14)25)13-19(24)22-12-16-9-10-17(28-2)11-18(16)29-3/h4-11H,12-13H2,1-3H3,(H,22,24). The van der Waals surface area contributed by atoms with Gasteiger partial charge in [0.1, 0.15) is 22.9 Å². The van der Waals surface area contributed by atoms with Crippen LogP contribution in [0.4, 0.5) is 0 Å². The smallest absolute Gasteiger partial charge is 0.268 e. The van der Waals surface area contributed by atoms with E-state index in [-0.39, 0.29) is 17.0 Å². The fraction of sp³-hybridized carbons (Fsp3) is 0.238. The molecule has 8 nitrogen and oxygen atoms in total. The summed E-state index contributed by atoms with van der Waals surface area (Å²) in [5.74, 6) is -0.188. The lowest BCUT2D eigenvalue weighted by molar-refractivity contribution is -0.128. The lowest BCUT2D eigenvalue weighted by Gasteiger charge is -2.17. The number of ether oxygens (including phenoxy) is 2. The zero-order valence-electron chi connectivity index (χ0n) is 16.8. The quantitative estimate of drug-likeness (QED) is 0.720. The molecule has 2 aromatic carbocycles. The third-order valence-electron chi connectivity index (χ3n) is 4.73. The molecule has 0 spiro atoms. The number of hydrogen-bond acceptors (Lipinski definition) is 6. The first-order chi connectivity index (χ1) is 14.3. The maximum atomic E-state index is 12.9. The molecule has 0 aliphatic carbocycles. The van der Waals surface area contributed by atoms with E-state index in [0.717, 1.165) is 0 Å². The van der Waals surface area contributed by atoms with E-state index in [4.69, 9.17) is 9.47 Å². The maximum Gasteiger partial charge on any atom is 0.268 e. The van der Waals surface area contributed by atoms with Gasteiger partial charge in [-0.2, -0.15) is 0 Å². The Balaban J connectivity index is 1.73. The number of amides is 2. The summed E-state index contributed by atoms with van der Waals surface area (Å²) in [6.07, 6.45) is 0. The number of methoxy groups -OCH3 is 2. The van der Waals surface area contributed by atoms with Crippen molar-refractivity contribution in [2.45, 2.75) is 13.5 Å². The molecule has 3 rings (SSSR count). The summed E-state index contributed by atoms with van der Waals surface area (Å²) < 4.78 is 36.9. The number of nitrogens with zero attached hydrogens (tertiary/aromatic N) is 1. The van der Waals surface area contributed by atoms with Crippen LogP contribution in [-0.4, -0.2) is 45.3 Å². The minimum absolute atomic E-state index is 0.0716. The fourth-order valence-electron chi connectivity index (χ4n) is 3.19. The summed E-state index contributed by atoms with van der Waals surface area (Å²) in [4.78, 5) is 24.9. The fourth-order valence-corrected chi connectivity index (χ4v) is 4.96. The molecule has 0 atom stereocenters. The van der Waals surface area contributed by atoms with E-state index in [1.807, 2.05) is 0 Å². The van der Waals surface area contributed by atoms with Gasteiger partial charge in [-0.15, -0.1) is 0 Å². The first kappa shape index (κ1) is 21.4. The van der Waals surface area contributed by atoms with E-state index >= 15 is 0 Å². The SMILES string of the molecule is COc1ccc(CNC(=O)CN2C(=O)C(C)=C(c3ccccc3)S2(=O)=O)c(OC)c1. The van der Waals surface area contributed by atoms with Crippen molar-refractivity contribution >= 4 is 26.7 Å². The third-order valence-corrected chi connectivity index (χ3v) is 6.66. The summed E-state index contributed by atoms with van der Waals surface area (Å²) in [5.41, 5.74) is 1.18. The molecule has 30 heavy (non-hydrogen) atoms. The second kappa shape index (κ2) is 8.58. The summed E-state index contributed by atoms with van der Waals surface area (Å²) in [5, 5.41) is 2.63. The van der Waals surface area contributed by atoms with E-state index in [2.05, 4.69) is 5.32 Å². The lowest BCUT2D eigenvalue weighted by atomic mass is 10.1. The van der Waals surface area contributed by atoms with Crippen LogP contribution in [0, 0.1) is 0 Å². The Morgan fingerprint density at radius 2 is 1.77 bits per heavy atom. The Hall–Kier alpha value is -3.33. The van der Waals surface area contributed by atoms with E-state index in [0.29, 0.717) is 26.9 Å². The van der Waals surface area contributed by atoms with Crippen LogP contribution < -0.4 is 14.8 Å². The van der Waals surface area contributed by atoms with Gasteiger partial charge in [0.05, 0.1) is 14.2 Å². The Morgan fingerprint density at radius 3 is 2.40 bits per heavy atom. The normalized spacial score (nSPS) is 15.3. The first-order valence-electron chi connectivity index (χ1n) is 9.10. The highest BCUT2D eigenvalue weighted by Crippen LogP contribution is 2.35.